The molecule has 1 aliphatic carbocycles. The lowest BCUT2D eigenvalue weighted by molar-refractivity contribution is 0.662. The van der Waals surface area contributed by atoms with Crippen LogP contribution < -0.4 is 4.90 Å². The Morgan fingerprint density at radius 2 is 1.07 bits per heavy atom. The summed E-state index contributed by atoms with van der Waals surface area (Å²) in [6.45, 7) is 4.73. The maximum Gasteiger partial charge on any atom is 0.143 e. The predicted octanol–water partition coefficient (Wildman–Crippen LogP) is 16.2. The summed E-state index contributed by atoms with van der Waals surface area (Å²) in [7, 11) is 0. The van der Waals surface area contributed by atoms with Crippen LogP contribution in [0.1, 0.15) is 25.0 Å². The Kier molecular flexibility index (Phi) is 7.18. The molecule has 0 unspecified atom stereocenters. The molecule has 1 aliphatic rings. The molecule has 0 bridgehead atoms. The third-order valence-corrected chi connectivity index (χ3v) is 13.6. The summed E-state index contributed by atoms with van der Waals surface area (Å²) < 4.78 is 9.16. The van der Waals surface area contributed by atoms with Crippen LogP contribution in [0.15, 0.2) is 192 Å². The lowest BCUT2D eigenvalue weighted by atomic mass is 9.79. The van der Waals surface area contributed by atoms with Gasteiger partial charge in [-0.25, -0.2) is 0 Å². The van der Waals surface area contributed by atoms with Gasteiger partial charge in [0.15, 0.2) is 0 Å². The summed E-state index contributed by atoms with van der Waals surface area (Å²) in [5.74, 6) is 0. The van der Waals surface area contributed by atoms with E-state index in [4.69, 9.17) is 4.42 Å². The molecule has 0 aliphatic heterocycles. The Morgan fingerprint density at radius 1 is 0.448 bits per heavy atom. The topological polar surface area (TPSA) is 16.4 Å². The number of fused-ring (bicyclic) bond motifs is 11. The van der Waals surface area contributed by atoms with E-state index in [1.807, 2.05) is 11.3 Å². The van der Waals surface area contributed by atoms with Crippen molar-refractivity contribution in [2.24, 2.45) is 0 Å². The van der Waals surface area contributed by atoms with Crippen LogP contribution >= 0.6 is 11.3 Å². The van der Waals surface area contributed by atoms with Gasteiger partial charge in [0.25, 0.3) is 0 Å². The van der Waals surface area contributed by atoms with Crippen LogP contribution in [-0.4, -0.2) is 0 Å². The molecule has 2 nitrogen and oxygen atoms in total. The molecule has 0 amide bonds. The number of anilines is 3. The second-order valence-electron chi connectivity index (χ2n) is 16.1. The van der Waals surface area contributed by atoms with Crippen molar-refractivity contribution in [1.82, 2.24) is 0 Å². The average Bonchev–Trinajstić information content (AvgIpc) is 3.92. The van der Waals surface area contributed by atoms with E-state index in [0.717, 1.165) is 50.0 Å². The number of thiophene rings is 1. The first-order chi connectivity index (χ1) is 28.5. The largest absolute Gasteiger partial charge is 0.455 e. The van der Waals surface area contributed by atoms with E-state index < -0.39 is 0 Å². The van der Waals surface area contributed by atoms with Crippen molar-refractivity contribution in [3.63, 3.8) is 0 Å². The van der Waals surface area contributed by atoms with Crippen LogP contribution in [0.3, 0.4) is 0 Å². The molecule has 12 rings (SSSR count). The summed E-state index contributed by atoms with van der Waals surface area (Å²) in [6.07, 6.45) is 0. The third kappa shape index (κ3) is 4.90. The van der Waals surface area contributed by atoms with Gasteiger partial charge in [-0.05, 0) is 111 Å². The van der Waals surface area contributed by atoms with Crippen molar-refractivity contribution in [2.75, 3.05) is 4.90 Å². The van der Waals surface area contributed by atoms with E-state index in [0.29, 0.717) is 0 Å². The molecular weight excluding hydrogens is 723 g/mol. The molecule has 2 heterocycles. The molecule has 0 N–H and O–H groups in total. The normalized spacial score (nSPS) is 13.1. The average molecular weight is 760 g/mol. The molecule has 2 aromatic heterocycles. The van der Waals surface area contributed by atoms with E-state index in [2.05, 4.69) is 207 Å². The molecule has 0 saturated carbocycles. The van der Waals surface area contributed by atoms with Gasteiger partial charge in [0, 0.05) is 58.8 Å². The van der Waals surface area contributed by atoms with Gasteiger partial charge in [0.1, 0.15) is 11.2 Å². The molecule has 0 radical (unpaired) electrons. The first kappa shape index (κ1) is 33.2. The Morgan fingerprint density at radius 3 is 1.90 bits per heavy atom. The quantitative estimate of drug-likeness (QED) is 0.174. The number of hydrogen-bond acceptors (Lipinski definition) is 3. The second kappa shape index (κ2) is 12.5. The van der Waals surface area contributed by atoms with Crippen LogP contribution in [0.25, 0.3) is 86.3 Å². The summed E-state index contributed by atoms with van der Waals surface area (Å²) in [4.78, 5) is 2.40. The second-order valence-corrected chi connectivity index (χ2v) is 17.1. The van der Waals surface area contributed by atoms with Crippen molar-refractivity contribution < 1.29 is 4.42 Å². The van der Waals surface area contributed by atoms with Gasteiger partial charge in [0.2, 0.25) is 0 Å². The Bertz CT molecular complexity index is 3420. The van der Waals surface area contributed by atoms with Crippen molar-refractivity contribution in [2.45, 2.75) is 19.3 Å². The number of hydrogen-bond donors (Lipinski definition) is 0. The summed E-state index contributed by atoms with van der Waals surface area (Å²) in [5, 5.41) is 7.19. The molecule has 0 spiro atoms. The molecule has 0 saturated heterocycles. The first-order valence-electron chi connectivity index (χ1n) is 20.0. The summed E-state index contributed by atoms with van der Waals surface area (Å²) in [5.41, 5.74) is 15.4. The fourth-order valence-electron chi connectivity index (χ4n) is 9.76. The lowest BCUT2D eigenvalue weighted by Gasteiger charge is -2.27. The summed E-state index contributed by atoms with van der Waals surface area (Å²) >= 11 is 1.85. The highest BCUT2D eigenvalue weighted by Crippen LogP contribution is 2.52. The Hall–Kier alpha value is -6.94. The lowest BCUT2D eigenvalue weighted by Crippen LogP contribution is -2.16. The first-order valence-corrected chi connectivity index (χ1v) is 20.8. The number of nitrogens with zero attached hydrogens (tertiary/aromatic N) is 1. The Labute approximate surface area is 340 Å². The molecular formula is C55H37NOS. The Balaban J connectivity index is 0.985. The predicted molar refractivity (Wildman–Crippen MR) is 247 cm³/mol. The van der Waals surface area contributed by atoms with Crippen molar-refractivity contribution in [1.29, 1.82) is 0 Å². The zero-order valence-corrected chi connectivity index (χ0v) is 33.0. The maximum absolute atomic E-state index is 6.55. The van der Waals surface area contributed by atoms with E-state index in [1.54, 1.807) is 0 Å². The molecule has 9 aromatic carbocycles. The van der Waals surface area contributed by atoms with Gasteiger partial charge >= 0.3 is 0 Å². The van der Waals surface area contributed by atoms with Gasteiger partial charge in [-0.1, -0.05) is 141 Å². The number of rotatable bonds is 5. The molecule has 3 heteroatoms. The van der Waals surface area contributed by atoms with Crippen LogP contribution in [0.4, 0.5) is 17.1 Å². The highest BCUT2D eigenvalue weighted by atomic mass is 32.1. The van der Waals surface area contributed by atoms with Gasteiger partial charge in [0.05, 0.1) is 0 Å². The van der Waals surface area contributed by atoms with E-state index in [1.165, 1.54) is 64.5 Å². The van der Waals surface area contributed by atoms with Gasteiger partial charge in [-0.15, -0.1) is 11.3 Å². The van der Waals surface area contributed by atoms with Gasteiger partial charge in [-0.3, -0.25) is 0 Å². The highest BCUT2D eigenvalue weighted by molar-refractivity contribution is 7.25. The van der Waals surface area contributed by atoms with Crippen LogP contribution in [0.5, 0.6) is 0 Å². The minimum atomic E-state index is -0.0887. The molecule has 11 aromatic rings. The zero-order chi connectivity index (χ0) is 38.5. The van der Waals surface area contributed by atoms with Crippen LogP contribution in [0.2, 0.25) is 0 Å². The SMILES string of the molecule is CC1(C)c2ccccc2-c2cccc(-c3ccc(N(c4ccc(-c5cccc6oc7c8ccccc8ccc7c56)cc4)c4ccc5sc6ccccc6c5c4)cc3)c21. The standard InChI is InChI=1S/C55H37NOS/c1-55(2)48-18-7-5-13-43(48)45-17-9-16-41(53(45)55)36-23-28-38(29-24-36)56(39-30-32-51-47(33-39)44-14-6-8-20-50(44)58-51)37-26-21-35(22-27-37)40-15-10-19-49-52(40)46-31-25-34-11-3-4-12-42(34)54(46)57-49/h3-33H,1-2H3. The molecule has 0 atom stereocenters. The molecule has 274 valence electrons. The maximum atomic E-state index is 6.55. The minimum absolute atomic E-state index is 0.0887. The van der Waals surface area contributed by atoms with Gasteiger partial charge < -0.3 is 9.32 Å². The fraction of sp³-hybridized carbons (Fsp3) is 0.0545. The number of furan rings is 1. The van der Waals surface area contributed by atoms with Crippen LogP contribution in [0, 0.1) is 0 Å². The third-order valence-electron chi connectivity index (χ3n) is 12.5. The van der Waals surface area contributed by atoms with E-state index in [-0.39, 0.29) is 5.41 Å². The number of benzene rings is 9. The monoisotopic (exact) mass is 759 g/mol. The van der Waals surface area contributed by atoms with E-state index >= 15 is 0 Å². The zero-order valence-electron chi connectivity index (χ0n) is 32.2. The minimum Gasteiger partial charge on any atom is -0.455 e. The molecule has 0 fully saturated rings. The summed E-state index contributed by atoms with van der Waals surface area (Å²) in [6, 6.07) is 68.8. The van der Waals surface area contributed by atoms with E-state index in [9.17, 15) is 0 Å². The molecule has 58 heavy (non-hydrogen) atoms. The fourth-order valence-corrected chi connectivity index (χ4v) is 10.8. The highest BCUT2D eigenvalue weighted by Gasteiger charge is 2.37. The van der Waals surface area contributed by atoms with Crippen molar-refractivity contribution in [3.05, 3.63) is 199 Å². The van der Waals surface area contributed by atoms with Gasteiger partial charge in [-0.2, -0.15) is 0 Å². The van der Waals surface area contributed by atoms with Crippen molar-refractivity contribution >= 4 is 81.3 Å². The smallest absolute Gasteiger partial charge is 0.143 e. The van der Waals surface area contributed by atoms with Crippen LogP contribution in [-0.2, 0) is 5.41 Å². The van der Waals surface area contributed by atoms with Crippen molar-refractivity contribution in [3.8, 4) is 33.4 Å².